The van der Waals surface area contributed by atoms with Crippen LogP contribution in [-0.4, -0.2) is 11.4 Å². The third-order valence-electron chi connectivity index (χ3n) is 2.68. The summed E-state index contributed by atoms with van der Waals surface area (Å²) in [7, 11) is 0. The van der Waals surface area contributed by atoms with Crippen LogP contribution in [0.15, 0.2) is 24.3 Å². The Bertz CT molecular complexity index is 403. The van der Waals surface area contributed by atoms with Gasteiger partial charge in [-0.15, -0.1) is 0 Å². The Morgan fingerprint density at radius 2 is 1.67 bits per heavy atom. The average molecular weight is 268 g/mol. The Hall–Kier alpha value is -1.02. The maximum atomic E-state index is 12.3. The first-order chi connectivity index (χ1) is 8.20. The second-order valence-electron chi connectivity index (χ2n) is 6.01. The minimum atomic E-state index is -0.212. The van der Waals surface area contributed by atoms with Crippen LogP contribution in [0.3, 0.4) is 0 Å². The van der Waals surface area contributed by atoms with E-state index in [0.717, 1.165) is 5.56 Å². The van der Waals surface area contributed by atoms with Gasteiger partial charge in [-0.2, -0.15) is 0 Å². The van der Waals surface area contributed by atoms with Crippen LogP contribution in [0, 0.1) is 5.92 Å². The van der Waals surface area contributed by atoms with Crippen molar-refractivity contribution in [1.82, 2.24) is 5.32 Å². The van der Waals surface area contributed by atoms with Crippen LogP contribution >= 0.6 is 11.6 Å². The van der Waals surface area contributed by atoms with Crippen LogP contribution in [0.25, 0.3) is 0 Å². The fourth-order valence-corrected chi connectivity index (χ4v) is 2.08. The van der Waals surface area contributed by atoms with Crippen molar-refractivity contribution in [1.29, 1.82) is 0 Å². The van der Waals surface area contributed by atoms with Gasteiger partial charge in [0.05, 0.1) is 5.92 Å². The second-order valence-corrected chi connectivity index (χ2v) is 6.45. The van der Waals surface area contributed by atoms with E-state index in [2.05, 4.69) is 19.2 Å². The van der Waals surface area contributed by atoms with Gasteiger partial charge in [0.25, 0.3) is 0 Å². The highest BCUT2D eigenvalue weighted by Gasteiger charge is 2.26. The molecule has 0 aliphatic carbocycles. The first-order valence-corrected chi connectivity index (χ1v) is 6.66. The molecule has 3 heteroatoms. The largest absolute Gasteiger partial charge is 0.351 e. The summed E-state index contributed by atoms with van der Waals surface area (Å²) < 4.78 is 0. The molecule has 1 amide bonds. The van der Waals surface area contributed by atoms with Crippen LogP contribution in [0.2, 0.25) is 5.02 Å². The van der Waals surface area contributed by atoms with E-state index in [1.807, 2.05) is 45.0 Å². The zero-order valence-electron chi connectivity index (χ0n) is 11.8. The maximum absolute atomic E-state index is 12.3. The number of carbonyl (C=O) groups is 1. The Morgan fingerprint density at radius 3 is 2.06 bits per heavy atom. The summed E-state index contributed by atoms with van der Waals surface area (Å²) in [6, 6.07) is 7.51. The Kier molecular flexibility index (Phi) is 4.80. The minimum Gasteiger partial charge on any atom is -0.351 e. The molecule has 0 saturated carbocycles. The van der Waals surface area contributed by atoms with Crippen molar-refractivity contribution >= 4 is 17.5 Å². The summed E-state index contributed by atoms with van der Waals surface area (Å²) >= 11 is 5.88. The average Bonchev–Trinajstić information content (AvgIpc) is 2.18. The number of nitrogens with one attached hydrogen (secondary N) is 1. The molecule has 1 N–H and O–H groups in total. The molecule has 0 bridgehead atoms. The molecular formula is C15H22ClNO. The lowest BCUT2D eigenvalue weighted by Gasteiger charge is -2.27. The van der Waals surface area contributed by atoms with Gasteiger partial charge < -0.3 is 5.32 Å². The van der Waals surface area contributed by atoms with Crippen molar-refractivity contribution in [2.24, 2.45) is 5.92 Å². The van der Waals surface area contributed by atoms with E-state index in [1.54, 1.807) is 0 Å². The number of carbonyl (C=O) groups excluding carboxylic acids is 1. The van der Waals surface area contributed by atoms with Gasteiger partial charge in [0, 0.05) is 10.6 Å². The van der Waals surface area contributed by atoms with Crippen LogP contribution in [-0.2, 0) is 4.79 Å². The van der Waals surface area contributed by atoms with Crippen molar-refractivity contribution in [2.75, 3.05) is 0 Å². The second kappa shape index (κ2) is 5.75. The van der Waals surface area contributed by atoms with E-state index < -0.39 is 0 Å². The van der Waals surface area contributed by atoms with E-state index in [1.165, 1.54) is 0 Å². The minimum absolute atomic E-state index is 0.0693. The lowest BCUT2D eigenvalue weighted by molar-refractivity contribution is -0.124. The van der Waals surface area contributed by atoms with Gasteiger partial charge in [-0.3, -0.25) is 4.79 Å². The molecule has 18 heavy (non-hydrogen) atoms. The maximum Gasteiger partial charge on any atom is 0.228 e. The third kappa shape index (κ3) is 4.34. The van der Waals surface area contributed by atoms with Gasteiger partial charge in [0.1, 0.15) is 0 Å². The van der Waals surface area contributed by atoms with Crippen LogP contribution in [0.1, 0.15) is 46.1 Å². The summed E-state index contributed by atoms with van der Waals surface area (Å²) in [6.45, 7) is 10.1. The summed E-state index contributed by atoms with van der Waals surface area (Å²) in [4.78, 5) is 12.3. The Labute approximate surface area is 115 Å². The third-order valence-corrected chi connectivity index (χ3v) is 2.93. The first-order valence-electron chi connectivity index (χ1n) is 6.28. The zero-order chi connectivity index (χ0) is 13.9. The molecule has 0 heterocycles. The van der Waals surface area contributed by atoms with Gasteiger partial charge in [0.2, 0.25) is 5.91 Å². The molecule has 1 aromatic carbocycles. The molecule has 100 valence electrons. The summed E-state index contributed by atoms with van der Waals surface area (Å²) in [5.41, 5.74) is 0.799. The topological polar surface area (TPSA) is 29.1 Å². The fourth-order valence-electron chi connectivity index (χ4n) is 1.96. The van der Waals surface area contributed by atoms with Crippen LogP contribution in [0.4, 0.5) is 0 Å². The summed E-state index contributed by atoms with van der Waals surface area (Å²) in [6.07, 6.45) is 0. The molecule has 0 spiro atoms. The van der Waals surface area contributed by atoms with Gasteiger partial charge in [-0.1, -0.05) is 37.6 Å². The van der Waals surface area contributed by atoms with E-state index in [0.29, 0.717) is 5.02 Å². The summed E-state index contributed by atoms with van der Waals surface area (Å²) in [5.74, 6) is 0.176. The van der Waals surface area contributed by atoms with Gasteiger partial charge in [0.15, 0.2) is 0 Å². The molecule has 1 rings (SSSR count). The first kappa shape index (κ1) is 15.0. The van der Waals surface area contributed by atoms with Crippen molar-refractivity contribution < 1.29 is 4.79 Å². The van der Waals surface area contributed by atoms with Crippen molar-refractivity contribution in [3.8, 4) is 0 Å². The number of hydrogen-bond acceptors (Lipinski definition) is 1. The molecule has 1 atom stereocenters. The monoisotopic (exact) mass is 267 g/mol. The van der Waals surface area contributed by atoms with E-state index in [9.17, 15) is 4.79 Å². The number of rotatable bonds is 3. The molecule has 0 aliphatic heterocycles. The van der Waals surface area contributed by atoms with Gasteiger partial charge in [-0.05, 0) is 44.4 Å². The summed E-state index contributed by atoms with van der Waals surface area (Å²) in [5, 5.41) is 3.73. The highest BCUT2D eigenvalue weighted by Crippen LogP contribution is 2.26. The SMILES string of the molecule is CC(C)C(C(=O)NC(C)(C)C)c1ccc(Cl)cc1. The number of hydrogen-bond donors (Lipinski definition) is 1. The normalized spacial score (nSPS) is 13.5. The predicted octanol–water partition coefficient (Wildman–Crippen LogP) is 3.99. The number of halogens is 1. The van der Waals surface area contributed by atoms with Crippen molar-refractivity contribution in [2.45, 2.75) is 46.1 Å². The van der Waals surface area contributed by atoms with E-state index in [-0.39, 0.29) is 23.3 Å². The molecule has 0 saturated heterocycles. The molecule has 0 aromatic heterocycles. The van der Waals surface area contributed by atoms with Crippen molar-refractivity contribution in [3.63, 3.8) is 0 Å². The van der Waals surface area contributed by atoms with Crippen LogP contribution < -0.4 is 5.32 Å². The Morgan fingerprint density at radius 1 is 1.17 bits per heavy atom. The predicted molar refractivity (Wildman–Crippen MR) is 76.9 cm³/mol. The molecule has 1 aromatic rings. The number of amides is 1. The quantitative estimate of drug-likeness (QED) is 0.881. The molecule has 1 unspecified atom stereocenters. The highest BCUT2D eigenvalue weighted by atomic mass is 35.5. The molecule has 0 radical (unpaired) electrons. The molecule has 0 fully saturated rings. The lowest BCUT2D eigenvalue weighted by atomic mass is 9.87. The Balaban J connectivity index is 2.96. The number of benzene rings is 1. The van der Waals surface area contributed by atoms with Gasteiger partial charge in [-0.25, -0.2) is 0 Å². The molecular weight excluding hydrogens is 246 g/mol. The smallest absolute Gasteiger partial charge is 0.228 e. The molecule has 2 nitrogen and oxygen atoms in total. The zero-order valence-corrected chi connectivity index (χ0v) is 12.5. The van der Waals surface area contributed by atoms with E-state index in [4.69, 9.17) is 11.6 Å². The molecule has 0 aliphatic rings. The van der Waals surface area contributed by atoms with Gasteiger partial charge >= 0.3 is 0 Å². The highest BCUT2D eigenvalue weighted by molar-refractivity contribution is 6.30. The van der Waals surface area contributed by atoms with E-state index >= 15 is 0 Å². The fraction of sp³-hybridized carbons (Fsp3) is 0.533. The lowest BCUT2D eigenvalue weighted by Crippen LogP contribution is -2.44. The van der Waals surface area contributed by atoms with Crippen LogP contribution in [0.5, 0.6) is 0 Å². The van der Waals surface area contributed by atoms with Crippen molar-refractivity contribution in [3.05, 3.63) is 34.9 Å². The standard InChI is InChI=1S/C15H22ClNO/c1-10(2)13(14(18)17-15(3,4)5)11-6-8-12(16)9-7-11/h6-10,13H,1-5H3,(H,17,18).